The maximum Gasteiger partial charge on any atom is 0.358 e. The molecule has 0 aliphatic rings. The molecule has 2 aromatic rings. The summed E-state index contributed by atoms with van der Waals surface area (Å²) in [6, 6.07) is 5.70. The van der Waals surface area contributed by atoms with Crippen LogP contribution in [0.5, 0.6) is 0 Å². The number of hydrogen-bond acceptors (Lipinski definition) is 3. The number of carbonyl (C=O) groups is 1. The molecular formula is C18H23ClN2O2. The number of imidazole rings is 1. The van der Waals surface area contributed by atoms with Gasteiger partial charge in [0.05, 0.1) is 12.3 Å². The number of aryl methyl sites for hydroxylation is 1. The first kappa shape index (κ1) is 17.5. The Hall–Kier alpha value is -1.81. The molecule has 0 atom stereocenters. The van der Waals surface area contributed by atoms with Crippen molar-refractivity contribution in [2.24, 2.45) is 5.41 Å². The summed E-state index contributed by atoms with van der Waals surface area (Å²) in [5.74, 6) is 0.423. The summed E-state index contributed by atoms with van der Waals surface area (Å²) in [6.45, 7) is 10.5. The van der Waals surface area contributed by atoms with Crippen molar-refractivity contribution < 1.29 is 9.53 Å². The van der Waals surface area contributed by atoms with E-state index in [1.807, 2.05) is 29.7 Å². The third-order valence-electron chi connectivity index (χ3n) is 3.38. The molecule has 1 aromatic carbocycles. The summed E-state index contributed by atoms with van der Waals surface area (Å²) in [7, 11) is 0. The van der Waals surface area contributed by atoms with E-state index in [9.17, 15) is 4.79 Å². The van der Waals surface area contributed by atoms with Crippen LogP contribution in [0.1, 0.15) is 49.6 Å². The van der Waals surface area contributed by atoms with Gasteiger partial charge >= 0.3 is 5.97 Å². The van der Waals surface area contributed by atoms with E-state index in [0.717, 1.165) is 23.5 Å². The van der Waals surface area contributed by atoms with Crippen molar-refractivity contribution in [3.05, 3.63) is 46.5 Å². The zero-order valence-corrected chi connectivity index (χ0v) is 15.1. The van der Waals surface area contributed by atoms with Gasteiger partial charge in [0.2, 0.25) is 0 Å². The van der Waals surface area contributed by atoms with Crippen LogP contribution in [0.15, 0.2) is 24.4 Å². The van der Waals surface area contributed by atoms with Crippen molar-refractivity contribution in [3.63, 3.8) is 0 Å². The van der Waals surface area contributed by atoms with Crippen LogP contribution < -0.4 is 0 Å². The largest absolute Gasteiger partial charge is 0.461 e. The Bertz CT molecular complexity index is 714. The second-order valence-corrected chi connectivity index (χ2v) is 7.24. The Balaban J connectivity index is 2.55. The molecule has 4 nitrogen and oxygen atoms in total. The summed E-state index contributed by atoms with van der Waals surface area (Å²) in [5, 5.41) is 0.652. The Morgan fingerprint density at radius 3 is 2.65 bits per heavy atom. The van der Waals surface area contributed by atoms with Crippen LogP contribution in [0.4, 0.5) is 0 Å². The van der Waals surface area contributed by atoms with Crippen LogP contribution in [0, 0.1) is 12.3 Å². The van der Waals surface area contributed by atoms with Crippen LogP contribution in [-0.2, 0) is 11.2 Å². The predicted octanol–water partition coefficient (Wildman–Crippen LogP) is 4.60. The monoisotopic (exact) mass is 334 g/mol. The summed E-state index contributed by atoms with van der Waals surface area (Å²) >= 11 is 6.15. The fourth-order valence-corrected chi connectivity index (χ4v) is 2.54. The molecule has 0 amide bonds. The lowest BCUT2D eigenvalue weighted by Crippen LogP contribution is -2.14. The lowest BCUT2D eigenvalue weighted by atomic mass is 9.92. The number of carbonyl (C=O) groups excluding carboxylic acids is 1. The average Bonchev–Trinajstić information content (AvgIpc) is 2.83. The predicted molar refractivity (Wildman–Crippen MR) is 92.4 cm³/mol. The highest BCUT2D eigenvalue weighted by Crippen LogP contribution is 2.26. The fraction of sp³-hybridized carbons (Fsp3) is 0.444. The molecule has 0 saturated heterocycles. The van der Waals surface area contributed by atoms with Gasteiger partial charge in [0, 0.05) is 17.6 Å². The smallest absolute Gasteiger partial charge is 0.358 e. The number of hydrogen-bond donors (Lipinski definition) is 0. The topological polar surface area (TPSA) is 44.1 Å². The first-order chi connectivity index (χ1) is 10.7. The van der Waals surface area contributed by atoms with E-state index in [1.165, 1.54) is 0 Å². The van der Waals surface area contributed by atoms with Gasteiger partial charge in [-0.05, 0) is 37.0 Å². The van der Waals surface area contributed by atoms with Gasteiger partial charge in [-0.2, -0.15) is 0 Å². The zero-order valence-electron chi connectivity index (χ0n) is 14.3. The van der Waals surface area contributed by atoms with Crippen LogP contribution in [0.25, 0.3) is 5.69 Å². The van der Waals surface area contributed by atoms with E-state index in [-0.39, 0.29) is 5.41 Å². The summed E-state index contributed by atoms with van der Waals surface area (Å²) < 4.78 is 7.02. The number of halogens is 1. The maximum atomic E-state index is 12.0. The van der Waals surface area contributed by atoms with E-state index < -0.39 is 5.97 Å². The van der Waals surface area contributed by atoms with Crippen LogP contribution in [0.3, 0.4) is 0 Å². The minimum atomic E-state index is -0.402. The Kier molecular flexibility index (Phi) is 5.15. The second-order valence-electron chi connectivity index (χ2n) is 6.80. The van der Waals surface area contributed by atoms with Crippen molar-refractivity contribution >= 4 is 17.6 Å². The Morgan fingerprint density at radius 1 is 1.35 bits per heavy atom. The molecule has 2 rings (SSSR count). The average molecular weight is 335 g/mol. The SMILES string of the molecule is CCOC(=O)c1cn(-c2cc(Cl)ccc2C)c(CC(C)(C)C)n1. The number of benzene rings is 1. The van der Waals surface area contributed by atoms with E-state index in [1.54, 1.807) is 13.1 Å². The molecule has 0 unspecified atom stereocenters. The van der Waals surface area contributed by atoms with Crippen molar-refractivity contribution in [2.45, 2.75) is 41.0 Å². The number of aromatic nitrogens is 2. The molecule has 124 valence electrons. The second kappa shape index (κ2) is 6.75. The molecule has 0 spiro atoms. The van der Waals surface area contributed by atoms with E-state index in [4.69, 9.17) is 16.3 Å². The summed E-state index contributed by atoms with van der Waals surface area (Å²) in [6.07, 6.45) is 2.47. The van der Waals surface area contributed by atoms with Crippen molar-refractivity contribution in [2.75, 3.05) is 6.61 Å². The molecule has 0 fully saturated rings. The van der Waals surface area contributed by atoms with Crippen molar-refractivity contribution in [1.82, 2.24) is 9.55 Å². The maximum absolute atomic E-state index is 12.0. The van der Waals surface area contributed by atoms with Gasteiger partial charge in [-0.15, -0.1) is 0 Å². The fourth-order valence-electron chi connectivity index (χ4n) is 2.37. The van der Waals surface area contributed by atoms with E-state index >= 15 is 0 Å². The molecule has 0 bridgehead atoms. The molecule has 0 saturated carbocycles. The van der Waals surface area contributed by atoms with Gasteiger partial charge in [0.1, 0.15) is 5.82 Å². The first-order valence-corrected chi connectivity index (χ1v) is 8.11. The third-order valence-corrected chi connectivity index (χ3v) is 3.62. The van der Waals surface area contributed by atoms with Gasteiger partial charge in [0.15, 0.2) is 5.69 Å². The number of esters is 1. The van der Waals surface area contributed by atoms with Gasteiger partial charge < -0.3 is 9.30 Å². The minimum Gasteiger partial charge on any atom is -0.461 e. The number of nitrogens with zero attached hydrogens (tertiary/aromatic N) is 2. The lowest BCUT2D eigenvalue weighted by molar-refractivity contribution is 0.0519. The van der Waals surface area contributed by atoms with Gasteiger partial charge in [-0.1, -0.05) is 38.4 Å². The highest BCUT2D eigenvalue weighted by Gasteiger charge is 2.21. The summed E-state index contributed by atoms with van der Waals surface area (Å²) in [4.78, 5) is 16.5. The highest BCUT2D eigenvalue weighted by atomic mass is 35.5. The third kappa shape index (κ3) is 4.35. The molecule has 0 radical (unpaired) electrons. The summed E-state index contributed by atoms with van der Waals surface area (Å²) in [5.41, 5.74) is 2.37. The normalized spacial score (nSPS) is 11.6. The Labute approximate surface area is 142 Å². The number of rotatable bonds is 4. The quantitative estimate of drug-likeness (QED) is 0.767. The molecule has 1 aromatic heterocycles. The van der Waals surface area contributed by atoms with Crippen LogP contribution in [-0.4, -0.2) is 22.1 Å². The Morgan fingerprint density at radius 2 is 2.04 bits per heavy atom. The zero-order chi connectivity index (χ0) is 17.2. The van der Waals surface area contributed by atoms with Crippen LogP contribution >= 0.6 is 11.6 Å². The van der Waals surface area contributed by atoms with E-state index in [2.05, 4.69) is 25.8 Å². The lowest BCUT2D eigenvalue weighted by Gasteiger charge is -2.19. The van der Waals surface area contributed by atoms with Crippen molar-refractivity contribution in [3.8, 4) is 5.69 Å². The van der Waals surface area contributed by atoms with Gasteiger partial charge in [-0.25, -0.2) is 9.78 Å². The van der Waals surface area contributed by atoms with Gasteiger partial charge in [-0.3, -0.25) is 0 Å². The molecule has 0 aliphatic carbocycles. The van der Waals surface area contributed by atoms with E-state index in [0.29, 0.717) is 17.3 Å². The van der Waals surface area contributed by atoms with Crippen molar-refractivity contribution in [1.29, 1.82) is 0 Å². The minimum absolute atomic E-state index is 0.0432. The standard InChI is InChI=1S/C18H23ClN2O2/c1-6-23-17(22)14-11-21(16(20-14)10-18(3,4)5)15-9-13(19)8-7-12(15)2/h7-9,11H,6,10H2,1-5H3. The first-order valence-electron chi connectivity index (χ1n) is 7.73. The molecule has 5 heteroatoms. The molecule has 0 aliphatic heterocycles. The molecule has 1 heterocycles. The number of ether oxygens (including phenoxy) is 1. The van der Waals surface area contributed by atoms with Gasteiger partial charge in [0.25, 0.3) is 0 Å². The molecular weight excluding hydrogens is 312 g/mol. The highest BCUT2D eigenvalue weighted by molar-refractivity contribution is 6.30. The molecule has 0 N–H and O–H groups in total. The molecule has 23 heavy (non-hydrogen) atoms. The van der Waals surface area contributed by atoms with Crippen LogP contribution in [0.2, 0.25) is 5.02 Å².